The third kappa shape index (κ3) is 16.8. The van der Waals surface area contributed by atoms with Crippen molar-refractivity contribution in [3.63, 3.8) is 0 Å². The van der Waals surface area contributed by atoms with Crippen molar-refractivity contribution < 1.29 is 72.5 Å². The van der Waals surface area contributed by atoms with Crippen LogP contribution in [0, 0.1) is 35.5 Å². The molecule has 4 heterocycles. The van der Waals surface area contributed by atoms with Crippen molar-refractivity contribution in [1.82, 2.24) is 4.90 Å². The highest BCUT2D eigenvalue weighted by atomic mass is 16.6. The molecule has 16 heteroatoms. The number of hydrogen-bond acceptors (Lipinski definition) is 14. The van der Waals surface area contributed by atoms with Crippen molar-refractivity contribution in [3.05, 3.63) is 59.8 Å². The van der Waals surface area contributed by atoms with Crippen LogP contribution in [0.4, 0.5) is 0 Å². The first kappa shape index (κ1) is 61.0. The second kappa shape index (κ2) is 29.0. The lowest BCUT2D eigenvalue weighted by atomic mass is 9.78. The van der Waals surface area contributed by atoms with Gasteiger partial charge in [0.05, 0.1) is 50.2 Å². The van der Waals surface area contributed by atoms with E-state index in [0.29, 0.717) is 70.2 Å². The van der Waals surface area contributed by atoms with Crippen molar-refractivity contribution in [1.29, 1.82) is 0 Å². The molecule has 5 rings (SSSR count). The fourth-order valence-corrected chi connectivity index (χ4v) is 11.3. The van der Waals surface area contributed by atoms with E-state index < -0.39 is 77.8 Å². The molecule has 3 N–H and O–H groups in total. The number of carboxylic acid groups (broad SMARTS) is 1. The Morgan fingerprint density at radius 2 is 1.65 bits per heavy atom. The monoisotopic (exact) mass is 1040 g/mol. The molecule has 1 aliphatic carbocycles. The van der Waals surface area contributed by atoms with Crippen LogP contribution in [-0.4, -0.2) is 151 Å². The summed E-state index contributed by atoms with van der Waals surface area (Å²) in [6.45, 7) is 18.8. The van der Waals surface area contributed by atoms with E-state index in [1.807, 2.05) is 38.2 Å². The highest BCUT2D eigenvalue weighted by Gasteiger charge is 2.53. The SMILES string of the molecule is C=C1C(C)CC(C)/C=C/C=C/C=C(\C)C(OCC2CCO2)CC2CCC(C)C(O)(O2)C(=O)C(=O)N2CCCCC2C(=O)OC(C(C)CC2CCC(OCCC(=O)O)C(OC)C2)CC(=O)C(C)/C=C(\C)C(O)C1OC. The standard InChI is InChI=1S/C58H89NO15/c1-35-16-12-11-13-17-36(2)49(72-34-45-23-26-70-45)32-44-21-19-41(7)58(67,74-44)55(64)56(65)59-25-15-14-18-46(59)57(66)73-50(39(5)30-43-20-22-48(51(31-43)68-9)71-27-24-52(61)62)33-47(60)38(4)29-40(6)53(63)54(69-10)42(8)37(3)28-35/h11-13,16-17,29,35,37-39,41,43-46,48-51,53-54,63,67H,8,14-15,18-28,30-34H2,1-7,9-10H3,(H,61,62)/b13-11+,16-12+,36-17+,40-29+. The molecule has 5 aliphatic rings. The van der Waals surface area contributed by atoms with Crippen LogP contribution in [-0.2, 0) is 57.1 Å². The molecule has 0 aromatic rings. The Labute approximate surface area is 440 Å². The summed E-state index contributed by atoms with van der Waals surface area (Å²) in [5.74, 6) is -8.10. The first-order chi connectivity index (χ1) is 35.2. The highest BCUT2D eigenvalue weighted by molar-refractivity contribution is 6.39. The molecule has 2 bridgehead atoms. The average molecular weight is 1040 g/mol. The van der Waals surface area contributed by atoms with Gasteiger partial charge in [0.15, 0.2) is 0 Å². The Morgan fingerprint density at radius 1 is 0.905 bits per heavy atom. The molecule has 1 amide bonds. The van der Waals surface area contributed by atoms with Crippen molar-refractivity contribution in [3.8, 4) is 0 Å². The van der Waals surface area contributed by atoms with Gasteiger partial charge in [0.25, 0.3) is 11.7 Å². The number of carboxylic acids is 1. The summed E-state index contributed by atoms with van der Waals surface area (Å²) in [6.07, 6.45) is 13.7. The Balaban J connectivity index is 1.46. The second-order valence-corrected chi connectivity index (χ2v) is 22.1. The molecule has 16 nitrogen and oxygen atoms in total. The van der Waals surface area contributed by atoms with E-state index in [0.717, 1.165) is 30.4 Å². The normalized spacial score (nSPS) is 38.8. The van der Waals surface area contributed by atoms with Crippen LogP contribution in [0.2, 0.25) is 0 Å². The summed E-state index contributed by atoms with van der Waals surface area (Å²) in [5, 5.41) is 33.0. The van der Waals surface area contributed by atoms with Crippen molar-refractivity contribution in [2.24, 2.45) is 35.5 Å². The maximum atomic E-state index is 14.6. The minimum absolute atomic E-state index is 0.0234. The van der Waals surface area contributed by atoms with E-state index >= 15 is 0 Å². The smallest absolute Gasteiger partial charge is 0.329 e. The number of aliphatic hydroxyl groups is 2. The number of cyclic esters (lactones) is 1. The number of fused-ring (bicyclic) bond motifs is 3. The van der Waals surface area contributed by atoms with Crippen LogP contribution in [0.15, 0.2) is 59.8 Å². The Kier molecular flexibility index (Phi) is 23.9. The number of carbonyl (C=O) groups excluding carboxylic acids is 4. The summed E-state index contributed by atoms with van der Waals surface area (Å²) in [4.78, 5) is 70.2. The summed E-state index contributed by atoms with van der Waals surface area (Å²) >= 11 is 0. The van der Waals surface area contributed by atoms with Crippen LogP contribution >= 0.6 is 0 Å². The lowest BCUT2D eigenvalue weighted by Crippen LogP contribution is -2.61. The van der Waals surface area contributed by atoms with Gasteiger partial charge in [0, 0.05) is 52.0 Å². The minimum Gasteiger partial charge on any atom is -0.481 e. The van der Waals surface area contributed by atoms with Gasteiger partial charge in [0.1, 0.15) is 30.1 Å². The number of hydrogen-bond donors (Lipinski definition) is 3. The number of aliphatic carboxylic acids is 1. The molecule has 416 valence electrons. The summed E-state index contributed by atoms with van der Waals surface area (Å²) in [5.41, 5.74) is 2.16. The number of nitrogens with zero attached hydrogens (tertiary/aromatic N) is 1. The van der Waals surface area contributed by atoms with Gasteiger partial charge < -0.3 is 53.4 Å². The largest absolute Gasteiger partial charge is 0.481 e. The third-order valence-corrected chi connectivity index (χ3v) is 16.3. The van der Waals surface area contributed by atoms with Crippen LogP contribution in [0.3, 0.4) is 0 Å². The first-order valence-corrected chi connectivity index (χ1v) is 27.3. The molecular formula is C58H89NO15. The second-order valence-electron chi connectivity index (χ2n) is 22.1. The molecule has 74 heavy (non-hydrogen) atoms. The fraction of sp³-hybridized carbons (Fsp3) is 0.741. The van der Waals surface area contributed by atoms with E-state index in [4.69, 9.17) is 38.3 Å². The van der Waals surface area contributed by atoms with Crippen LogP contribution in [0.1, 0.15) is 138 Å². The predicted molar refractivity (Wildman–Crippen MR) is 279 cm³/mol. The third-order valence-electron chi connectivity index (χ3n) is 16.3. The van der Waals surface area contributed by atoms with Gasteiger partial charge >= 0.3 is 11.9 Å². The van der Waals surface area contributed by atoms with E-state index in [2.05, 4.69) is 26.5 Å². The van der Waals surface area contributed by atoms with Gasteiger partial charge in [0.2, 0.25) is 5.79 Å². The fourth-order valence-electron chi connectivity index (χ4n) is 11.3. The number of ketones is 2. The van der Waals surface area contributed by atoms with Gasteiger partial charge in [-0.2, -0.15) is 0 Å². The molecular weight excluding hydrogens is 951 g/mol. The van der Waals surface area contributed by atoms with E-state index in [1.54, 1.807) is 34.0 Å². The Hall–Kier alpha value is -3.87. The number of piperidine rings is 1. The molecule has 4 fully saturated rings. The predicted octanol–water partition coefficient (Wildman–Crippen LogP) is 7.83. The zero-order chi connectivity index (χ0) is 54.3. The van der Waals surface area contributed by atoms with E-state index in [-0.39, 0.29) is 80.2 Å². The maximum absolute atomic E-state index is 14.6. The number of amides is 1. The summed E-state index contributed by atoms with van der Waals surface area (Å²) in [7, 11) is 3.13. The number of allylic oxidation sites excluding steroid dienone is 6. The van der Waals surface area contributed by atoms with Crippen molar-refractivity contribution in [2.45, 2.75) is 199 Å². The maximum Gasteiger partial charge on any atom is 0.329 e. The average Bonchev–Trinajstić information content (AvgIpc) is 3.35. The number of rotatable bonds is 12. The van der Waals surface area contributed by atoms with Crippen molar-refractivity contribution >= 4 is 29.4 Å². The molecule has 16 unspecified atom stereocenters. The quantitative estimate of drug-likeness (QED) is 0.0965. The number of carbonyl (C=O) groups is 5. The van der Waals surface area contributed by atoms with Gasteiger partial charge in [-0.3, -0.25) is 19.2 Å². The molecule has 0 radical (unpaired) electrons. The van der Waals surface area contributed by atoms with Crippen LogP contribution < -0.4 is 0 Å². The zero-order valence-corrected chi connectivity index (χ0v) is 45.7. The van der Waals surface area contributed by atoms with Crippen LogP contribution in [0.5, 0.6) is 0 Å². The van der Waals surface area contributed by atoms with Gasteiger partial charge in [-0.1, -0.05) is 77.7 Å². The molecule has 16 atom stereocenters. The van der Waals surface area contributed by atoms with E-state index in [1.165, 1.54) is 12.0 Å². The molecule has 3 saturated heterocycles. The lowest BCUT2D eigenvalue weighted by Gasteiger charge is -2.43. The topological polar surface area (TPSA) is 214 Å². The Morgan fingerprint density at radius 3 is 2.32 bits per heavy atom. The lowest BCUT2D eigenvalue weighted by molar-refractivity contribution is -0.266. The van der Waals surface area contributed by atoms with Crippen LogP contribution in [0.25, 0.3) is 0 Å². The number of methoxy groups -OCH3 is 2. The highest BCUT2D eigenvalue weighted by Crippen LogP contribution is 2.38. The molecule has 0 aromatic heterocycles. The molecule has 0 spiro atoms. The summed E-state index contributed by atoms with van der Waals surface area (Å²) < 4.78 is 42.3. The zero-order valence-electron chi connectivity index (χ0n) is 45.7. The number of esters is 1. The number of ether oxygens (including phenoxy) is 7. The molecule has 4 aliphatic heterocycles. The van der Waals surface area contributed by atoms with Gasteiger partial charge in [-0.25, -0.2) is 4.79 Å². The van der Waals surface area contributed by atoms with Gasteiger partial charge in [-0.15, -0.1) is 0 Å². The molecule has 1 saturated carbocycles. The minimum atomic E-state index is -2.46. The van der Waals surface area contributed by atoms with E-state index in [9.17, 15) is 34.2 Å². The molecule has 0 aromatic carbocycles. The number of Topliss-reactive ketones (excluding diaryl/α,β-unsaturated/α-hetero) is 2. The first-order valence-electron chi connectivity index (χ1n) is 27.3. The van der Waals surface area contributed by atoms with Gasteiger partial charge in [-0.05, 0) is 125 Å². The summed E-state index contributed by atoms with van der Waals surface area (Å²) in [6, 6.07) is -1.16. The Bertz CT molecular complexity index is 2030. The number of aliphatic hydroxyl groups excluding tert-OH is 1. The van der Waals surface area contributed by atoms with Crippen molar-refractivity contribution in [2.75, 3.05) is 40.6 Å².